The molecule has 1 aromatic heterocycles. The van der Waals surface area contributed by atoms with Crippen LogP contribution in [0.25, 0.3) is 0 Å². The number of carbonyl (C=O) groups is 4. The zero-order chi connectivity index (χ0) is 30.3. The molecule has 4 rings (SSSR count). The maximum absolute atomic E-state index is 13.9. The zero-order valence-electron chi connectivity index (χ0n) is 24.2. The number of nitrogens with one attached hydrogen (secondary N) is 2. The molecule has 42 heavy (non-hydrogen) atoms. The molecule has 3 aromatic rings. The van der Waals surface area contributed by atoms with E-state index in [-0.39, 0.29) is 11.7 Å². The summed E-state index contributed by atoms with van der Waals surface area (Å²) in [5.41, 5.74) is 6.53. The summed E-state index contributed by atoms with van der Waals surface area (Å²) in [5, 5.41) is 5.54. The van der Waals surface area contributed by atoms with Gasteiger partial charge >= 0.3 is 5.97 Å². The van der Waals surface area contributed by atoms with E-state index in [2.05, 4.69) is 15.6 Å². The van der Waals surface area contributed by atoms with E-state index < -0.39 is 41.4 Å². The third-order valence-corrected chi connectivity index (χ3v) is 7.28. The van der Waals surface area contributed by atoms with E-state index in [0.717, 1.165) is 5.56 Å². The third kappa shape index (κ3) is 7.41. The number of anilines is 1. The van der Waals surface area contributed by atoms with Gasteiger partial charge in [0.15, 0.2) is 5.82 Å². The Morgan fingerprint density at radius 1 is 1.07 bits per heavy atom. The lowest BCUT2D eigenvalue weighted by Gasteiger charge is -2.28. The van der Waals surface area contributed by atoms with Gasteiger partial charge in [-0.1, -0.05) is 60.7 Å². The van der Waals surface area contributed by atoms with E-state index in [4.69, 9.17) is 10.5 Å². The van der Waals surface area contributed by atoms with Crippen LogP contribution in [0.1, 0.15) is 50.3 Å². The Labute approximate surface area is 245 Å². The normalized spacial score (nSPS) is 16.4. The number of amides is 3. The number of aromatic nitrogens is 2. The average molecular weight is 575 g/mol. The molecule has 2 heterocycles. The van der Waals surface area contributed by atoms with Gasteiger partial charge < -0.3 is 30.6 Å². The summed E-state index contributed by atoms with van der Waals surface area (Å²) in [4.78, 5) is 58.2. The fourth-order valence-electron chi connectivity index (χ4n) is 4.97. The van der Waals surface area contributed by atoms with Crippen molar-refractivity contribution in [1.82, 2.24) is 19.8 Å². The molecule has 0 aliphatic carbocycles. The van der Waals surface area contributed by atoms with Crippen LogP contribution < -0.4 is 16.4 Å². The first-order valence-electron chi connectivity index (χ1n) is 14.0. The SMILES string of the molecule is COC(=O)C1CCCN1C(=O)C(c1ccccc1)n1cnc(NC(=O)[C@@H](CCc2ccccc2)NC(=O)C(C)(C)N)c1. The molecular weight excluding hydrogens is 536 g/mol. The first-order chi connectivity index (χ1) is 20.1. The summed E-state index contributed by atoms with van der Waals surface area (Å²) in [5.74, 6) is -1.42. The molecule has 0 radical (unpaired) electrons. The number of hydrogen-bond donors (Lipinski definition) is 3. The second kappa shape index (κ2) is 13.4. The molecule has 222 valence electrons. The number of methoxy groups -OCH3 is 1. The van der Waals surface area contributed by atoms with Crippen LogP contribution in [0.2, 0.25) is 0 Å². The third-order valence-electron chi connectivity index (χ3n) is 7.28. The van der Waals surface area contributed by atoms with Crippen molar-refractivity contribution in [2.24, 2.45) is 5.73 Å². The second-order valence-electron chi connectivity index (χ2n) is 11.0. The van der Waals surface area contributed by atoms with Crippen molar-refractivity contribution < 1.29 is 23.9 Å². The van der Waals surface area contributed by atoms with E-state index in [1.165, 1.54) is 13.4 Å². The molecule has 1 aliphatic rings. The number of aryl methyl sites for hydroxylation is 1. The second-order valence-corrected chi connectivity index (χ2v) is 11.0. The lowest BCUT2D eigenvalue weighted by Crippen LogP contribution is -2.55. The Bertz CT molecular complexity index is 1390. The first-order valence-corrected chi connectivity index (χ1v) is 14.0. The predicted octanol–water partition coefficient (Wildman–Crippen LogP) is 2.43. The Kier molecular flexibility index (Phi) is 9.74. The number of rotatable bonds is 11. The van der Waals surface area contributed by atoms with Crippen LogP contribution >= 0.6 is 0 Å². The van der Waals surface area contributed by atoms with Crippen LogP contribution in [0.3, 0.4) is 0 Å². The molecule has 0 spiro atoms. The Morgan fingerprint density at radius 2 is 1.74 bits per heavy atom. The van der Waals surface area contributed by atoms with E-state index in [0.29, 0.717) is 37.8 Å². The highest BCUT2D eigenvalue weighted by atomic mass is 16.5. The summed E-state index contributed by atoms with van der Waals surface area (Å²) in [6, 6.07) is 16.5. The quantitative estimate of drug-likeness (QED) is 0.298. The lowest BCUT2D eigenvalue weighted by atomic mass is 10.0. The van der Waals surface area contributed by atoms with Crippen molar-refractivity contribution in [2.45, 2.75) is 63.2 Å². The van der Waals surface area contributed by atoms with Crippen LogP contribution in [0.15, 0.2) is 73.2 Å². The van der Waals surface area contributed by atoms with Gasteiger partial charge in [-0.15, -0.1) is 0 Å². The topological polar surface area (TPSA) is 149 Å². The molecule has 11 nitrogen and oxygen atoms in total. The minimum absolute atomic E-state index is 0.214. The number of hydrogen-bond acceptors (Lipinski definition) is 7. The van der Waals surface area contributed by atoms with Gasteiger partial charge in [0.2, 0.25) is 11.8 Å². The number of carbonyl (C=O) groups excluding carboxylic acids is 4. The van der Waals surface area contributed by atoms with Crippen molar-refractivity contribution in [3.05, 3.63) is 84.3 Å². The number of esters is 1. The number of nitrogens with two attached hydrogens (primary N) is 1. The molecular formula is C31H38N6O5. The summed E-state index contributed by atoms with van der Waals surface area (Å²) in [7, 11) is 1.31. The molecule has 1 fully saturated rings. The first kappa shape index (κ1) is 30.4. The van der Waals surface area contributed by atoms with Gasteiger partial charge in [0.1, 0.15) is 18.1 Å². The van der Waals surface area contributed by atoms with E-state index in [1.54, 1.807) is 29.5 Å². The van der Waals surface area contributed by atoms with Crippen molar-refractivity contribution in [2.75, 3.05) is 19.0 Å². The minimum atomic E-state index is -1.17. The monoisotopic (exact) mass is 574 g/mol. The van der Waals surface area contributed by atoms with Gasteiger partial charge in [-0.05, 0) is 50.7 Å². The van der Waals surface area contributed by atoms with E-state index in [9.17, 15) is 19.2 Å². The van der Waals surface area contributed by atoms with E-state index in [1.807, 2.05) is 60.7 Å². The standard InChI is InChI=1S/C31H38N6O5/c1-31(2,32)30(41)34-23(17-16-21-11-6-4-7-12-21)27(38)35-25-19-36(20-33-25)26(22-13-8-5-9-14-22)28(39)37-18-10-15-24(37)29(40)42-3/h4-9,11-14,19-20,23-24,26H,10,15-18,32H2,1-3H3,(H,34,41)(H,35,38)/t23-,24?,26?/m1/s1. The molecule has 1 saturated heterocycles. The van der Waals surface area contributed by atoms with Gasteiger partial charge in [-0.25, -0.2) is 9.78 Å². The Morgan fingerprint density at radius 3 is 2.38 bits per heavy atom. The number of imidazole rings is 1. The van der Waals surface area contributed by atoms with Crippen molar-refractivity contribution in [1.29, 1.82) is 0 Å². The molecule has 11 heteroatoms. The fourth-order valence-corrected chi connectivity index (χ4v) is 4.97. The Balaban J connectivity index is 1.55. The van der Waals surface area contributed by atoms with Crippen LogP contribution in [-0.2, 0) is 30.3 Å². The molecule has 4 N–H and O–H groups in total. The number of benzene rings is 2. The molecule has 0 bridgehead atoms. The van der Waals surface area contributed by atoms with Crippen LogP contribution in [0.4, 0.5) is 5.82 Å². The van der Waals surface area contributed by atoms with Gasteiger partial charge in [-0.3, -0.25) is 14.4 Å². The Hall–Kier alpha value is -4.51. The summed E-state index contributed by atoms with van der Waals surface area (Å²) >= 11 is 0. The number of nitrogens with zero attached hydrogens (tertiary/aromatic N) is 3. The molecule has 2 unspecified atom stereocenters. The van der Waals surface area contributed by atoms with Gasteiger partial charge in [0.25, 0.3) is 5.91 Å². The smallest absolute Gasteiger partial charge is 0.328 e. The summed E-state index contributed by atoms with van der Waals surface area (Å²) in [6.07, 6.45) is 5.15. The molecule has 0 saturated carbocycles. The fraction of sp³-hybridized carbons (Fsp3) is 0.387. The average Bonchev–Trinajstić information content (AvgIpc) is 3.65. The predicted molar refractivity (Wildman–Crippen MR) is 157 cm³/mol. The summed E-state index contributed by atoms with van der Waals surface area (Å²) in [6.45, 7) is 3.57. The lowest BCUT2D eigenvalue weighted by molar-refractivity contribution is -0.151. The zero-order valence-corrected chi connectivity index (χ0v) is 24.2. The maximum Gasteiger partial charge on any atom is 0.328 e. The van der Waals surface area contributed by atoms with Crippen molar-refractivity contribution >= 4 is 29.5 Å². The van der Waals surface area contributed by atoms with Gasteiger partial charge in [0.05, 0.1) is 19.0 Å². The minimum Gasteiger partial charge on any atom is -0.467 e. The molecule has 3 amide bonds. The van der Waals surface area contributed by atoms with Crippen LogP contribution in [0, 0.1) is 0 Å². The van der Waals surface area contributed by atoms with Gasteiger partial charge in [-0.2, -0.15) is 0 Å². The maximum atomic E-state index is 13.9. The highest BCUT2D eigenvalue weighted by Crippen LogP contribution is 2.28. The van der Waals surface area contributed by atoms with Crippen LogP contribution in [0.5, 0.6) is 0 Å². The molecule has 1 aliphatic heterocycles. The van der Waals surface area contributed by atoms with E-state index >= 15 is 0 Å². The van der Waals surface area contributed by atoms with Gasteiger partial charge in [0, 0.05) is 12.7 Å². The molecule has 2 aromatic carbocycles. The highest BCUT2D eigenvalue weighted by Gasteiger charge is 2.39. The van der Waals surface area contributed by atoms with Crippen LogP contribution in [-0.4, -0.2) is 69.4 Å². The van der Waals surface area contributed by atoms with Crippen molar-refractivity contribution in [3.63, 3.8) is 0 Å². The largest absolute Gasteiger partial charge is 0.467 e. The highest BCUT2D eigenvalue weighted by molar-refractivity contribution is 5.98. The van der Waals surface area contributed by atoms with Crippen molar-refractivity contribution in [3.8, 4) is 0 Å². The number of ether oxygens (including phenoxy) is 1. The summed E-state index contributed by atoms with van der Waals surface area (Å²) < 4.78 is 6.55. The number of likely N-dealkylation sites (tertiary alicyclic amines) is 1. The molecule has 3 atom stereocenters.